The van der Waals surface area contributed by atoms with E-state index >= 15 is 0 Å². The number of carbonyl (C=O) groups is 1. The van der Waals surface area contributed by atoms with Crippen LogP contribution in [0.2, 0.25) is 0 Å². The maximum atomic E-state index is 12.7. The smallest absolute Gasteiger partial charge is 0.260 e. The lowest BCUT2D eigenvalue weighted by Crippen LogP contribution is -2.38. The van der Waals surface area contributed by atoms with Crippen LogP contribution in [0.15, 0.2) is 91.1 Å². The summed E-state index contributed by atoms with van der Waals surface area (Å²) >= 11 is 0. The maximum absolute atomic E-state index is 12.7. The van der Waals surface area contributed by atoms with Crippen molar-refractivity contribution in [2.24, 2.45) is 0 Å². The number of ether oxygens (including phenoxy) is 1. The second-order valence-corrected chi connectivity index (χ2v) is 7.07. The Morgan fingerprint density at radius 2 is 1.59 bits per heavy atom. The lowest BCUT2D eigenvalue weighted by molar-refractivity contribution is -0.127. The molecule has 0 aliphatic rings. The highest BCUT2D eigenvalue weighted by Gasteiger charge is 2.21. The van der Waals surface area contributed by atoms with Gasteiger partial charge in [-0.25, -0.2) is 0 Å². The SMILES string of the molecule is C[C@@H](Oc1ccccc1)C(=O)NC[C@H](c1ccccc1)c1c[nH]c2ccccc12. The molecule has 4 aromatic rings. The number of hydrogen-bond donors (Lipinski definition) is 2. The zero-order chi connectivity index (χ0) is 20.1. The van der Waals surface area contributed by atoms with E-state index in [1.165, 1.54) is 10.9 Å². The van der Waals surface area contributed by atoms with Gasteiger partial charge in [0.1, 0.15) is 5.75 Å². The lowest BCUT2D eigenvalue weighted by Gasteiger charge is -2.20. The molecule has 0 fully saturated rings. The Kier molecular flexibility index (Phi) is 5.61. The van der Waals surface area contributed by atoms with E-state index < -0.39 is 6.10 Å². The number of nitrogens with one attached hydrogen (secondary N) is 2. The number of para-hydroxylation sites is 2. The van der Waals surface area contributed by atoms with Crippen LogP contribution in [0.3, 0.4) is 0 Å². The molecular weight excluding hydrogens is 360 g/mol. The quantitative estimate of drug-likeness (QED) is 0.477. The monoisotopic (exact) mass is 384 g/mol. The van der Waals surface area contributed by atoms with Gasteiger partial charge >= 0.3 is 0 Å². The fraction of sp³-hybridized carbons (Fsp3) is 0.160. The fourth-order valence-electron chi connectivity index (χ4n) is 3.58. The summed E-state index contributed by atoms with van der Waals surface area (Å²) in [7, 11) is 0. The Balaban J connectivity index is 1.53. The maximum Gasteiger partial charge on any atom is 0.260 e. The van der Waals surface area contributed by atoms with Crippen molar-refractivity contribution in [3.05, 3.63) is 102 Å². The Morgan fingerprint density at radius 1 is 0.931 bits per heavy atom. The summed E-state index contributed by atoms with van der Waals surface area (Å²) in [5.74, 6) is 0.598. The molecule has 3 aromatic carbocycles. The molecule has 1 aromatic heterocycles. The standard InChI is InChI=1S/C25H24N2O2/c1-18(29-20-12-6-3-7-13-20)25(28)27-16-22(19-10-4-2-5-11-19)23-17-26-24-15-9-8-14-21(23)24/h2-15,17-18,22,26H,16H2,1H3,(H,27,28)/t18-,22-/m1/s1. The van der Waals surface area contributed by atoms with Crippen LogP contribution in [0.5, 0.6) is 5.75 Å². The molecule has 4 rings (SSSR count). The topological polar surface area (TPSA) is 54.1 Å². The van der Waals surface area contributed by atoms with Gasteiger partial charge in [0, 0.05) is 29.6 Å². The predicted octanol–water partition coefficient (Wildman–Crippen LogP) is 4.88. The largest absolute Gasteiger partial charge is 0.481 e. The molecular formula is C25H24N2O2. The number of aromatic nitrogens is 1. The van der Waals surface area contributed by atoms with Gasteiger partial charge in [-0.1, -0.05) is 66.7 Å². The third-order valence-corrected chi connectivity index (χ3v) is 5.10. The number of benzene rings is 3. The molecule has 0 spiro atoms. The normalized spacial score (nSPS) is 13.0. The molecule has 0 saturated heterocycles. The molecule has 0 aliphatic heterocycles. The van der Waals surface area contributed by atoms with Crippen molar-refractivity contribution in [3.8, 4) is 5.75 Å². The van der Waals surface area contributed by atoms with Gasteiger partial charge < -0.3 is 15.0 Å². The van der Waals surface area contributed by atoms with Crippen molar-refractivity contribution in [3.63, 3.8) is 0 Å². The first-order chi connectivity index (χ1) is 14.2. The lowest BCUT2D eigenvalue weighted by atomic mass is 9.91. The molecule has 1 heterocycles. The molecule has 0 saturated carbocycles. The van der Waals surface area contributed by atoms with Gasteiger partial charge in [-0.3, -0.25) is 4.79 Å². The summed E-state index contributed by atoms with van der Waals surface area (Å²) < 4.78 is 5.76. The molecule has 0 bridgehead atoms. The minimum absolute atomic E-state index is 0.0419. The zero-order valence-electron chi connectivity index (χ0n) is 16.3. The first-order valence-electron chi connectivity index (χ1n) is 9.83. The molecule has 2 N–H and O–H groups in total. The summed E-state index contributed by atoms with van der Waals surface area (Å²) in [5.41, 5.74) is 3.42. The molecule has 146 valence electrons. The van der Waals surface area contributed by atoms with Crippen molar-refractivity contribution in [2.45, 2.75) is 18.9 Å². The number of rotatable bonds is 7. The molecule has 0 radical (unpaired) electrons. The van der Waals surface area contributed by atoms with Gasteiger partial charge in [-0.05, 0) is 36.2 Å². The summed E-state index contributed by atoms with van der Waals surface area (Å²) in [4.78, 5) is 16.0. The number of fused-ring (bicyclic) bond motifs is 1. The molecule has 2 atom stereocenters. The number of aromatic amines is 1. The molecule has 4 nitrogen and oxygen atoms in total. The first kappa shape index (κ1) is 18.8. The molecule has 0 aliphatic carbocycles. The Morgan fingerprint density at radius 3 is 2.34 bits per heavy atom. The van der Waals surface area contributed by atoms with Crippen molar-refractivity contribution >= 4 is 16.8 Å². The van der Waals surface area contributed by atoms with E-state index in [1.54, 1.807) is 6.92 Å². The van der Waals surface area contributed by atoms with Crippen LogP contribution >= 0.6 is 0 Å². The third-order valence-electron chi connectivity index (χ3n) is 5.10. The van der Waals surface area contributed by atoms with Crippen LogP contribution in [0.25, 0.3) is 10.9 Å². The van der Waals surface area contributed by atoms with E-state index in [2.05, 4.69) is 34.6 Å². The Labute approximate surface area is 170 Å². The van der Waals surface area contributed by atoms with Crippen LogP contribution in [0, 0.1) is 0 Å². The minimum Gasteiger partial charge on any atom is -0.481 e. The van der Waals surface area contributed by atoms with Crippen molar-refractivity contribution in [1.29, 1.82) is 0 Å². The van der Waals surface area contributed by atoms with Gasteiger partial charge in [0.15, 0.2) is 6.10 Å². The molecule has 0 unspecified atom stereocenters. The van der Waals surface area contributed by atoms with Gasteiger partial charge in [-0.2, -0.15) is 0 Å². The number of amides is 1. The second kappa shape index (κ2) is 8.65. The van der Waals surface area contributed by atoms with E-state index in [1.807, 2.05) is 66.9 Å². The van der Waals surface area contributed by atoms with Crippen LogP contribution < -0.4 is 10.1 Å². The number of H-pyrrole nitrogens is 1. The van der Waals surface area contributed by atoms with E-state index in [0.29, 0.717) is 12.3 Å². The van der Waals surface area contributed by atoms with Crippen LogP contribution in [-0.2, 0) is 4.79 Å². The highest BCUT2D eigenvalue weighted by Crippen LogP contribution is 2.30. The van der Waals surface area contributed by atoms with Gasteiger partial charge in [0.05, 0.1) is 0 Å². The first-order valence-corrected chi connectivity index (χ1v) is 9.83. The van der Waals surface area contributed by atoms with Crippen molar-refractivity contribution in [1.82, 2.24) is 10.3 Å². The van der Waals surface area contributed by atoms with E-state index in [9.17, 15) is 4.79 Å². The summed E-state index contributed by atoms with van der Waals surface area (Å²) in [5, 5.41) is 4.25. The highest BCUT2D eigenvalue weighted by atomic mass is 16.5. The average Bonchev–Trinajstić information content (AvgIpc) is 3.19. The molecule has 29 heavy (non-hydrogen) atoms. The summed E-state index contributed by atoms with van der Waals surface area (Å²) in [6.07, 6.45) is 1.47. The van der Waals surface area contributed by atoms with Crippen LogP contribution in [0.4, 0.5) is 0 Å². The second-order valence-electron chi connectivity index (χ2n) is 7.07. The van der Waals surface area contributed by atoms with E-state index in [-0.39, 0.29) is 11.8 Å². The molecule has 1 amide bonds. The van der Waals surface area contributed by atoms with Crippen LogP contribution in [0.1, 0.15) is 24.0 Å². The fourth-order valence-corrected chi connectivity index (χ4v) is 3.58. The summed E-state index contributed by atoms with van der Waals surface area (Å²) in [6, 6.07) is 27.9. The van der Waals surface area contributed by atoms with Gasteiger partial charge in [0.25, 0.3) is 5.91 Å². The van der Waals surface area contributed by atoms with Gasteiger partial charge in [0.2, 0.25) is 0 Å². The highest BCUT2D eigenvalue weighted by molar-refractivity contribution is 5.85. The van der Waals surface area contributed by atoms with E-state index in [0.717, 1.165) is 11.1 Å². The average molecular weight is 384 g/mol. The zero-order valence-corrected chi connectivity index (χ0v) is 16.3. The van der Waals surface area contributed by atoms with Gasteiger partial charge in [-0.15, -0.1) is 0 Å². The number of carbonyl (C=O) groups excluding carboxylic acids is 1. The van der Waals surface area contributed by atoms with Crippen molar-refractivity contribution < 1.29 is 9.53 Å². The minimum atomic E-state index is -0.572. The number of hydrogen-bond acceptors (Lipinski definition) is 2. The van der Waals surface area contributed by atoms with E-state index in [4.69, 9.17) is 4.74 Å². The third kappa shape index (κ3) is 4.32. The Bertz CT molecular complexity index is 1070. The predicted molar refractivity (Wildman–Crippen MR) is 116 cm³/mol. The Hall–Kier alpha value is -3.53. The summed E-state index contributed by atoms with van der Waals surface area (Å²) in [6.45, 7) is 2.26. The molecule has 4 heteroatoms. The van der Waals surface area contributed by atoms with Crippen molar-refractivity contribution in [2.75, 3.05) is 6.54 Å². The van der Waals surface area contributed by atoms with Crippen LogP contribution in [-0.4, -0.2) is 23.5 Å².